The smallest absolute Gasteiger partial charge is 0.306 e. The van der Waals surface area contributed by atoms with E-state index in [1.807, 2.05) is 21.1 Å². The highest BCUT2D eigenvalue weighted by Gasteiger charge is 2.20. The number of hydrogen-bond donors (Lipinski definition) is 0. The van der Waals surface area contributed by atoms with Gasteiger partial charge < -0.3 is 27.9 Å². The van der Waals surface area contributed by atoms with Gasteiger partial charge in [-0.1, -0.05) is 182 Å². The fourth-order valence-corrected chi connectivity index (χ4v) is 7.08. The van der Waals surface area contributed by atoms with Crippen LogP contribution in [-0.4, -0.2) is 70.7 Å². The minimum atomic E-state index is -4.54. The standard InChI is InChI=1S/C54H94NO7P/c1-6-8-10-12-14-16-18-20-22-23-24-25-26-27-28-29-30-31-32-34-36-38-40-42-44-46-49-59-51-53(52-61-63(57,58)60-50-48-55(3,4)5)62-54(56)47-45-43-41-39-37-35-33-21-19-17-15-13-11-9-7-2/h8-11,14-17,20-22,24-25,27-28,33,53H,6-7,12-13,18-19,23,26,29-32,34-52H2,1-5H3/b10-8-,11-9-,16-14-,17-15-,22-20-,25-24-,28-27-,33-21-. The van der Waals surface area contributed by atoms with Crippen molar-refractivity contribution in [3.05, 3.63) is 97.2 Å². The Morgan fingerprint density at radius 3 is 1.30 bits per heavy atom. The van der Waals surface area contributed by atoms with Crippen molar-refractivity contribution in [2.75, 3.05) is 54.1 Å². The maximum absolute atomic E-state index is 12.7. The van der Waals surface area contributed by atoms with Crippen LogP contribution in [0.15, 0.2) is 97.2 Å². The number of ether oxygens (including phenoxy) is 2. The molecule has 8 nitrogen and oxygen atoms in total. The minimum Gasteiger partial charge on any atom is -0.756 e. The van der Waals surface area contributed by atoms with E-state index in [4.69, 9.17) is 18.5 Å². The number of esters is 1. The minimum absolute atomic E-state index is 0.0164. The van der Waals surface area contributed by atoms with Crippen LogP contribution in [0.4, 0.5) is 0 Å². The van der Waals surface area contributed by atoms with Crippen molar-refractivity contribution in [1.29, 1.82) is 0 Å². The molecule has 362 valence electrons. The summed E-state index contributed by atoms with van der Waals surface area (Å²) in [6, 6.07) is 0. The molecule has 0 spiro atoms. The van der Waals surface area contributed by atoms with E-state index in [1.165, 1.54) is 57.8 Å². The molecule has 0 radical (unpaired) electrons. The molecule has 9 heteroatoms. The summed E-state index contributed by atoms with van der Waals surface area (Å²) >= 11 is 0. The summed E-state index contributed by atoms with van der Waals surface area (Å²) in [5.74, 6) is -0.356. The number of hydrogen-bond acceptors (Lipinski definition) is 7. The molecule has 0 aliphatic heterocycles. The number of unbranched alkanes of at least 4 members (excludes halogenated alkanes) is 15. The quantitative estimate of drug-likeness (QED) is 0.0197. The van der Waals surface area contributed by atoms with Gasteiger partial charge in [0.1, 0.15) is 19.3 Å². The number of allylic oxidation sites excluding steroid dienone is 16. The first-order valence-electron chi connectivity index (χ1n) is 25.0. The Morgan fingerprint density at radius 1 is 0.492 bits per heavy atom. The maximum atomic E-state index is 12.7. The van der Waals surface area contributed by atoms with Gasteiger partial charge in [0, 0.05) is 13.0 Å². The number of nitrogens with zero attached hydrogens (tertiary/aromatic N) is 1. The van der Waals surface area contributed by atoms with Crippen LogP contribution in [0.1, 0.15) is 181 Å². The fourth-order valence-electron chi connectivity index (χ4n) is 6.35. The van der Waals surface area contributed by atoms with Crippen LogP contribution in [0.25, 0.3) is 0 Å². The van der Waals surface area contributed by atoms with Gasteiger partial charge >= 0.3 is 5.97 Å². The molecule has 0 amide bonds. The second-order valence-corrected chi connectivity index (χ2v) is 18.8. The van der Waals surface area contributed by atoms with Crippen molar-refractivity contribution < 1.29 is 37.3 Å². The Kier molecular flexibility index (Phi) is 44.1. The second-order valence-electron chi connectivity index (χ2n) is 17.4. The van der Waals surface area contributed by atoms with Crippen molar-refractivity contribution in [2.24, 2.45) is 0 Å². The Labute approximate surface area is 387 Å². The van der Waals surface area contributed by atoms with E-state index in [1.54, 1.807) is 0 Å². The van der Waals surface area contributed by atoms with Crippen molar-refractivity contribution in [2.45, 2.75) is 187 Å². The molecule has 2 atom stereocenters. The molecule has 0 aliphatic rings. The van der Waals surface area contributed by atoms with Crippen LogP contribution in [0.5, 0.6) is 0 Å². The first kappa shape index (κ1) is 60.4. The van der Waals surface area contributed by atoms with Crippen LogP contribution in [0.2, 0.25) is 0 Å². The van der Waals surface area contributed by atoms with Crippen LogP contribution in [0.3, 0.4) is 0 Å². The molecule has 0 saturated carbocycles. The van der Waals surface area contributed by atoms with Crippen LogP contribution in [-0.2, 0) is 27.9 Å². The number of carbonyl (C=O) groups excluding carboxylic acids is 1. The zero-order valence-corrected chi connectivity index (χ0v) is 41.9. The van der Waals surface area contributed by atoms with Gasteiger partial charge in [-0.2, -0.15) is 0 Å². The van der Waals surface area contributed by atoms with E-state index >= 15 is 0 Å². The lowest BCUT2D eigenvalue weighted by molar-refractivity contribution is -0.870. The average molecular weight is 900 g/mol. The summed E-state index contributed by atoms with van der Waals surface area (Å²) in [4.78, 5) is 25.1. The third-order valence-corrected chi connectivity index (χ3v) is 11.1. The second kappa shape index (κ2) is 46.0. The first-order chi connectivity index (χ1) is 30.6. The van der Waals surface area contributed by atoms with Crippen LogP contribution in [0, 0.1) is 0 Å². The van der Waals surface area contributed by atoms with Gasteiger partial charge in [-0.3, -0.25) is 9.36 Å². The summed E-state index contributed by atoms with van der Waals surface area (Å²) in [6.45, 7) is 5.13. The van der Waals surface area contributed by atoms with E-state index in [0.717, 1.165) is 103 Å². The molecular formula is C54H94NO7P. The molecule has 0 rings (SSSR count). The van der Waals surface area contributed by atoms with Gasteiger partial charge in [-0.25, -0.2) is 0 Å². The van der Waals surface area contributed by atoms with Gasteiger partial charge in [-0.15, -0.1) is 0 Å². The highest BCUT2D eigenvalue weighted by Crippen LogP contribution is 2.38. The summed E-state index contributed by atoms with van der Waals surface area (Å²) in [5.41, 5.74) is 0. The van der Waals surface area contributed by atoms with Gasteiger partial charge in [-0.05, 0) is 89.9 Å². The molecule has 0 saturated heterocycles. The molecule has 0 N–H and O–H groups in total. The Hall–Kier alpha value is -2.58. The predicted octanol–water partition coefficient (Wildman–Crippen LogP) is 14.8. The maximum Gasteiger partial charge on any atom is 0.306 e. The van der Waals surface area contributed by atoms with E-state index in [2.05, 4.69) is 111 Å². The predicted molar refractivity (Wildman–Crippen MR) is 268 cm³/mol. The lowest BCUT2D eigenvalue weighted by Gasteiger charge is -2.28. The molecule has 63 heavy (non-hydrogen) atoms. The fraction of sp³-hybridized carbons (Fsp3) is 0.685. The monoisotopic (exact) mass is 900 g/mol. The number of phosphoric acid groups is 1. The van der Waals surface area contributed by atoms with Crippen LogP contribution >= 0.6 is 7.82 Å². The highest BCUT2D eigenvalue weighted by molar-refractivity contribution is 7.45. The van der Waals surface area contributed by atoms with E-state index < -0.39 is 13.9 Å². The first-order valence-corrected chi connectivity index (χ1v) is 26.4. The Bertz CT molecular complexity index is 1320. The van der Waals surface area contributed by atoms with Crippen molar-refractivity contribution in [1.82, 2.24) is 0 Å². The lowest BCUT2D eigenvalue weighted by Crippen LogP contribution is -2.37. The molecule has 0 heterocycles. The molecule has 0 bridgehead atoms. The third-order valence-electron chi connectivity index (χ3n) is 10.1. The number of quaternary nitrogens is 1. The Balaban J connectivity index is 4.16. The average Bonchev–Trinajstić information content (AvgIpc) is 3.24. The molecule has 0 fully saturated rings. The van der Waals surface area contributed by atoms with Gasteiger partial charge in [0.05, 0.1) is 34.4 Å². The van der Waals surface area contributed by atoms with Crippen molar-refractivity contribution in [3.8, 4) is 0 Å². The molecule has 0 aromatic rings. The number of carbonyl (C=O) groups is 1. The molecule has 0 aliphatic carbocycles. The van der Waals surface area contributed by atoms with E-state index in [-0.39, 0.29) is 32.2 Å². The zero-order valence-electron chi connectivity index (χ0n) is 41.0. The summed E-state index contributed by atoms with van der Waals surface area (Å²) < 4.78 is 34.7. The normalized spacial score (nSPS) is 14.4. The van der Waals surface area contributed by atoms with Gasteiger partial charge in [0.25, 0.3) is 7.82 Å². The molecule has 0 aromatic carbocycles. The van der Waals surface area contributed by atoms with Crippen molar-refractivity contribution >= 4 is 13.8 Å². The lowest BCUT2D eigenvalue weighted by atomic mass is 10.1. The van der Waals surface area contributed by atoms with E-state index in [0.29, 0.717) is 17.6 Å². The van der Waals surface area contributed by atoms with Gasteiger partial charge in [0.15, 0.2) is 0 Å². The number of phosphoric ester groups is 1. The number of rotatable bonds is 45. The SMILES string of the molecule is CC/C=C\C/C=C\C/C=C\C/C=C\C/C=C\CCCCCCCCCCCCOCC(COP(=O)([O-])OCC[N+](C)(C)C)OC(=O)CCCCCCC/C=C\C/C=C\C/C=C\CC. The third kappa shape index (κ3) is 50.3. The topological polar surface area (TPSA) is 94.1 Å². The molecular weight excluding hydrogens is 806 g/mol. The molecule has 0 aromatic heterocycles. The van der Waals surface area contributed by atoms with E-state index in [9.17, 15) is 14.3 Å². The Morgan fingerprint density at radius 2 is 0.873 bits per heavy atom. The van der Waals surface area contributed by atoms with Crippen molar-refractivity contribution in [3.63, 3.8) is 0 Å². The molecule has 2 unspecified atom stereocenters. The summed E-state index contributed by atoms with van der Waals surface area (Å²) in [6.07, 6.45) is 62.9. The van der Waals surface area contributed by atoms with Gasteiger partial charge in [0.2, 0.25) is 0 Å². The highest BCUT2D eigenvalue weighted by atomic mass is 31.2. The summed E-state index contributed by atoms with van der Waals surface area (Å²) in [5, 5.41) is 0. The van der Waals surface area contributed by atoms with Crippen LogP contribution < -0.4 is 4.89 Å². The largest absolute Gasteiger partial charge is 0.756 e. The number of likely N-dealkylation sites (N-methyl/N-ethyl adjacent to an activating group) is 1. The zero-order chi connectivity index (χ0) is 46.2. The summed E-state index contributed by atoms with van der Waals surface area (Å²) in [7, 11) is 1.33.